The Bertz CT molecular complexity index is 738. The highest BCUT2D eigenvalue weighted by Crippen LogP contribution is 2.40. The Morgan fingerprint density at radius 2 is 1.80 bits per heavy atom. The number of hydrogen-bond acceptors (Lipinski definition) is 1. The van der Waals surface area contributed by atoms with Gasteiger partial charge in [-0.05, 0) is 51.8 Å². The lowest BCUT2D eigenvalue weighted by atomic mass is 10.0. The molecule has 0 aliphatic carbocycles. The van der Waals surface area contributed by atoms with Gasteiger partial charge in [0.05, 0.1) is 5.69 Å². The molecule has 0 spiro atoms. The van der Waals surface area contributed by atoms with E-state index >= 15 is 0 Å². The summed E-state index contributed by atoms with van der Waals surface area (Å²) in [5.74, 6) is -0.461. The van der Waals surface area contributed by atoms with Gasteiger partial charge in [-0.15, -0.1) is 0 Å². The summed E-state index contributed by atoms with van der Waals surface area (Å²) < 4.78 is 14.6. The number of carbonyl (C=O) groups excluding carboxylic acids is 1. The van der Waals surface area contributed by atoms with Gasteiger partial charge in [-0.1, -0.05) is 28.1 Å². The molecule has 2 aromatic carbocycles. The first-order chi connectivity index (χ1) is 9.54. The van der Waals surface area contributed by atoms with Crippen LogP contribution in [0.4, 0.5) is 10.1 Å². The third-order valence-corrected chi connectivity index (χ3v) is 4.09. The van der Waals surface area contributed by atoms with Gasteiger partial charge in [0.1, 0.15) is 5.82 Å². The SMILES string of the molecule is O=C1Nc2c(Br)cc(Br)cc2C1=Cc1ccc(F)cc1. The first-order valence-electron chi connectivity index (χ1n) is 5.82. The zero-order valence-corrected chi connectivity index (χ0v) is 13.3. The van der Waals surface area contributed by atoms with E-state index < -0.39 is 0 Å². The van der Waals surface area contributed by atoms with Crippen LogP contribution in [0.3, 0.4) is 0 Å². The van der Waals surface area contributed by atoms with Crippen LogP contribution in [0.2, 0.25) is 0 Å². The maximum Gasteiger partial charge on any atom is 0.256 e. The number of anilines is 1. The van der Waals surface area contributed by atoms with E-state index in [0.29, 0.717) is 5.57 Å². The van der Waals surface area contributed by atoms with E-state index in [2.05, 4.69) is 37.2 Å². The van der Waals surface area contributed by atoms with Gasteiger partial charge in [-0.3, -0.25) is 4.79 Å². The summed E-state index contributed by atoms with van der Waals surface area (Å²) in [5.41, 5.74) is 2.92. The summed E-state index contributed by atoms with van der Waals surface area (Å²) in [6, 6.07) is 9.78. The topological polar surface area (TPSA) is 29.1 Å². The fourth-order valence-corrected chi connectivity index (χ4v) is 3.41. The van der Waals surface area contributed by atoms with Crippen LogP contribution in [-0.2, 0) is 4.79 Å². The van der Waals surface area contributed by atoms with E-state index in [-0.39, 0.29) is 11.7 Å². The second kappa shape index (κ2) is 5.14. The van der Waals surface area contributed by atoms with Crippen molar-refractivity contribution in [3.05, 3.63) is 62.3 Å². The highest BCUT2D eigenvalue weighted by molar-refractivity contribution is 9.11. The van der Waals surface area contributed by atoms with Crippen molar-refractivity contribution in [3.63, 3.8) is 0 Å². The van der Waals surface area contributed by atoms with Crippen LogP contribution in [0.1, 0.15) is 11.1 Å². The molecular weight excluding hydrogens is 389 g/mol. The number of halogens is 3. The Balaban J connectivity index is 2.12. The minimum atomic E-state index is -0.297. The Labute approximate surface area is 131 Å². The average molecular weight is 397 g/mol. The highest BCUT2D eigenvalue weighted by Gasteiger charge is 2.26. The minimum absolute atomic E-state index is 0.164. The fourth-order valence-electron chi connectivity index (χ4n) is 2.09. The molecule has 0 bridgehead atoms. The maximum absolute atomic E-state index is 12.9. The molecular formula is C15H8Br2FNO. The van der Waals surface area contributed by atoms with E-state index in [1.807, 2.05) is 12.1 Å². The predicted octanol–water partition coefficient (Wildman–Crippen LogP) is 4.84. The summed E-state index contributed by atoms with van der Waals surface area (Å²) in [6.07, 6.45) is 1.75. The third kappa shape index (κ3) is 2.43. The van der Waals surface area contributed by atoms with Gasteiger partial charge in [0, 0.05) is 20.1 Å². The molecule has 20 heavy (non-hydrogen) atoms. The van der Waals surface area contributed by atoms with Crippen molar-refractivity contribution in [1.82, 2.24) is 0 Å². The summed E-state index contributed by atoms with van der Waals surface area (Å²) in [7, 11) is 0. The van der Waals surface area contributed by atoms with Gasteiger partial charge in [0.15, 0.2) is 0 Å². The standard InChI is InChI=1S/C15H8Br2FNO/c16-9-6-11-12(5-8-1-3-10(18)4-2-8)15(20)19-14(11)13(17)7-9/h1-7H,(H,19,20). The van der Waals surface area contributed by atoms with Crippen LogP contribution in [0.5, 0.6) is 0 Å². The van der Waals surface area contributed by atoms with Gasteiger partial charge in [-0.2, -0.15) is 0 Å². The number of nitrogens with one attached hydrogen (secondary N) is 1. The Hall–Kier alpha value is -1.46. The van der Waals surface area contributed by atoms with Crippen molar-refractivity contribution in [2.45, 2.75) is 0 Å². The van der Waals surface area contributed by atoms with Crippen LogP contribution in [-0.4, -0.2) is 5.91 Å². The third-order valence-electron chi connectivity index (χ3n) is 3.01. The molecule has 5 heteroatoms. The fraction of sp³-hybridized carbons (Fsp3) is 0. The quantitative estimate of drug-likeness (QED) is 0.686. The molecule has 0 fully saturated rings. The van der Waals surface area contributed by atoms with Crippen molar-refractivity contribution in [2.24, 2.45) is 0 Å². The number of hydrogen-bond donors (Lipinski definition) is 1. The minimum Gasteiger partial charge on any atom is -0.320 e. The Morgan fingerprint density at radius 1 is 1.10 bits per heavy atom. The second-order valence-corrected chi connectivity index (χ2v) is 6.14. The van der Waals surface area contributed by atoms with E-state index in [1.54, 1.807) is 18.2 Å². The van der Waals surface area contributed by atoms with E-state index in [4.69, 9.17) is 0 Å². The first-order valence-corrected chi connectivity index (χ1v) is 7.41. The number of benzene rings is 2. The highest BCUT2D eigenvalue weighted by atomic mass is 79.9. The number of rotatable bonds is 1. The molecule has 1 N–H and O–H groups in total. The zero-order valence-electron chi connectivity index (χ0n) is 10.1. The smallest absolute Gasteiger partial charge is 0.256 e. The molecule has 3 rings (SSSR count). The second-order valence-electron chi connectivity index (χ2n) is 4.37. The molecule has 1 heterocycles. The summed E-state index contributed by atoms with van der Waals surface area (Å²) in [6.45, 7) is 0. The van der Waals surface area contributed by atoms with Gasteiger partial charge < -0.3 is 5.32 Å². The van der Waals surface area contributed by atoms with Crippen LogP contribution in [0.15, 0.2) is 45.3 Å². The molecule has 0 atom stereocenters. The molecule has 2 nitrogen and oxygen atoms in total. The summed E-state index contributed by atoms with van der Waals surface area (Å²) in [4.78, 5) is 12.1. The van der Waals surface area contributed by atoms with Gasteiger partial charge in [0.25, 0.3) is 5.91 Å². The van der Waals surface area contributed by atoms with Crippen LogP contribution < -0.4 is 5.32 Å². The van der Waals surface area contributed by atoms with E-state index in [1.165, 1.54) is 12.1 Å². The largest absolute Gasteiger partial charge is 0.320 e. The van der Waals surface area contributed by atoms with Crippen molar-refractivity contribution in [2.75, 3.05) is 5.32 Å². The summed E-state index contributed by atoms with van der Waals surface area (Å²) in [5, 5.41) is 2.83. The van der Waals surface area contributed by atoms with E-state index in [0.717, 1.165) is 25.8 Å². The molecule has 0 unspecified atom stereocenters. The maximum atomic E-state index is 12.9. The first kappa shape index (κ1) is 13.5. The number of amides is 1. The van der Waals surface area contributed by atoms with Gasteiger partial charge >= 0.3 is 0 Å². The number of carbonyl (C=O) groups is 1. The molecule has 0 saturated carbocycles. The molecule has 1 aliphatic heterocycles. The normalized spacial score (nSPS) is 15.3. The van der Waals surface area contributed by atoms with Crippen LogP contribution in [0, 0.1) is 5.82 Å². The average Bonchev–Trinajstić information content (AvgIpc) is 2.70. The molecule has 1 amide bonds. The zero-order chi connectivity index (χ0) is 14.3. The van der Waals surface area contributed by atoms with Gasteiger partial charge in [0.2, 0.25) is 0 Å². The summed E-state index contributed by atoms with van der Waals surface area (Å²) >= 11 is 6.84. The number of fused-ring (bicyclic) bond motifs is 1. The van der Waals surface area contributed by atoms with Crippen LogP contribution in [0.25, 0.3) is 11.6 Å². The molecule has 2 aromatic rings. The van der Waals surface area contributed by atoms with Crippen molar-refractivity contribution in [3.8, 4) is 0 Å². The molecule has 100 valence electrons. The van der Waals surface area contributed by atoms with E-state index in [9.17, 15) is 9.18 Å². The molecule has 0 aromatic heterocycles. The lowest BCUT2D eigenvalue weighted by Gasteiger charge is -2.02. The lowest BCUT2D eigenvalue weighted by Crippen LogP contribution is -2.03. The van der Waals surface area contributed by atoms with Gasteiger partial charge in [-0.25, -0.2) is 4.39 Å². The molecule has 1 aliphatic rings. The van der Waals surface area contributed by atoms with Crippen molar-refractivity contribution < 1.29 is 9.18 Å². The lowest BCUT2D eigenvalue weighted by molar-refractivity contribution is -0.110. The Morgan fingerprint density at radius 3 is 2.50 bits per heavy atom. The van der Waals surface area contributed by atoms with Crippen LogP contribution >= 0.6 is 31.9 Å². The monoisotopic (exact) mass is 395 g/mol. The predicted molar refractivity (Wildman–Crippen MR) is 84.7 cm³/mol. The van der Waals surface area contributed by atoms with Crippen molar-refractivity contribution in [1.29, 1.82) is 0 Å². The van der Waals surface area contributed by atoms with Crippen molar-refractivity contribution >= 4 is 55.1 Å². The Kier molecular flexibility index (Phi) is 3.48. The molecule has 0 radical (unpaired) electrons. The molecule has 0 saturated heterocycles.